The van der Waals surface area contributed by atoms with E-state index in [1.807, 2.05) is 43.3 Å². The predicted molar refractivity (Wildman–Crippen MR) is 147 cm³/mol. The molecule has 0 bridgehead atoms. The average molecular weight is 500 g/mol. The second kappa shape index (κ2) is 12.3. The SMILES string of the molecule is C#Cc1cc(Nc2ncnc3cc(OC4CCOC4)c(NC(=O)C=CCN(CC)CC)cc23)ccc1C. The van der Waals surface area contributed by atoms with Crippen molar-refractivity contribution in [1.29, 1.82) is 0 Å². The highest BCUT2D eigenvalue weighted by molar-refractivity contribution is 6.03. The molecular formula is C29H33N5O3. The fourth-order valence-electron chi connectivity index (χ4n) is 4.12. The number of carbonyl (C=O) groups is 1. The third kappa shape index (κ3) is 6.64. The van der Waals surface area contributed by atoms with Crippen LogP contribution in [-0.2, 0) is 9.53 Å². The van der Waals surface area contributed by atoms with E-state index in [9.17, 15) is 4.79 Å². The number of aryl methyl sites for hydroxylation is 1. The van der Waals surface area contributed by atoms with Crippen LogP contribution in [0, 0.1) is 19.3 Å². The Balaban J connectivity index is 1.65. The molecule has 3 aromatic rings. The second-order valence-corrected chi connectivity index (χ2v) is 8.87. The fraction of sp³-hybridized carbons (Fsp3) is 0.345. The first-order chi connectivity index (χ1) is 18.0. The molecule has 0 aliphatic carbocycles. The Bertz CT molecular complexity index is 1320. The topological polar surface area (TPSA) is 88.6 Å². The molecule has 37 heavy (non-hydrogen) atoms. The van der Waals surface area contributed by atoms with Gasteiger partial charge in [-0.2, -0.15) is 0 Å². The highest BCUT2D eigenvalue weighted by Crippen LogP contribution is 2.34. The zero-order valence-corrected chi connectivity index (χ0v) is 21.6. The molecule has 0 spiro atoms. The number of terminal acetylenes is 1. The second-order valence-electron chi connectivity index (χ2n) is 8.87. The molecule has 1 atom stereocenters. The Kier molecular flexibility index (Phi) is 8.72. The lowest BCUT2D eigenvalue weighted by molar-refractivity contribution is -0.111. The summed E-state index contributed by atoms with van der Waals surface area (Å²) >= 11 is 0. The van der Waals surface area contributed by atoms with E-state index in [4.69, 9.17) is 15.9 Å². The highest BCUT2D eigenvalue weighted by atomic mass is 16.5. The van der Waals surface area contributed by atoms with Crippen LogP contribution in [0.25, 0.3) is 10.9 Å². The van der Waals surface area contributed by atoms with Gasteiger partial charge in [0.15, 0.2) is 0 Å². The van der Waals surface area contributed by atoms with Crippen LogP contribution in [0.5, 0.6) is 5.75 Å². The molecule has 8 heteroatoms. The minimum Gasteiger partial charge on any atom is -0.486 e. The number of aromatic nitrogens is 2. The number of carbonyl (C=O) groups excluding carboxylic acids is 1. The number of nitrogens with one attached hydrogen (secondary N) is 2. The maximum atomic E-state index is 12.8. The average Bonchev–Trinajstić information content (AvgIpc) is 3.41. The standard InChI is InChI=1S/C29H33N5O3/c1-5-21-15-22(11-10-20(21)4)32-29-24-16-26(33-28(35)9-8-13-34(6-2)7-3)27(17-25(24)30-19-31-29)37-23-12-14-36-18-23/h1,8-11,15-17,19,23H,6-7,12-14,18H2,2-4H3,(H,33,35)(H,30,31,32). The van der Waals surface area contributed by atoms with E-state index in [0.717, 1.165) is 41.7 Å². The summed E-state index contributed by atoms with van der Waals surface area (Å²) < 4.78 is 11.7. The Labute approximate surface area is 218 Å². The zero-order valence-electron chi connectivity index (χ0n) is 21.6. The van der Waals surface area contributed by atoms with Crippen LogP contribution in [0.2, 0.25) is 0 Å². The summed E-state index contributed by atoms with van der Waals surface area (Å²) in [7, 11) is 0. The Morgan fingerprint density at radius 2 is 2.11 bits per heavy atom. The maximum absolute atomic E-state index is 12.8. The number of rotatable bonds is 10. The van der Waals surface area contributed by atoms with E-state index in [-0.39, 0.29) is 12.0 Å². The molecule has 2 aromatic carbocycles. The molecular weight excluding hydrogens is 466 g/mol. The van der Waals surface area contributed by atoms with Crippen LogP contribution in [0.1, 0.15) is 31.4 Å². The van der Waals surface area contributed by atoms with Crippen molar-refractivity contribution in [3.8, 4) is 18.1 Å². The smallest absolute Gasteiger partial charge is 0.248 e. The van der Waals surface area contributed by atoms with Crippen LogP contribution >= 0.6 is 0 Å². The molecule has 0 saturated carbocycles. The summed E-state index contributed by atoms with van der Waals surface area (Å²) in [4.78, 5) is 23.9. The molecule has 1 aliphatic rings. The number of hydrogen-bond donors (Lipinski definition) is 2. The van der Waals surface area contributed by atoms with Gasteiger partial charge in [0.25, 0.3) is 0 Å². The summed E-state index contributed by atoms with van der Waals surface area (Å²) in [5.74, 6) is 3.61. The number of benzene rings is 2. The van der Waals surface area contributed by atoms with E-state index in [1.54, 1.807) is 6.08 Å². The van der Waals surface area contributed by atoms with Gasteiger partial charge >= 0.3 is 0 Å². The largest absolute Gasteiger partial charge is 0.486 e. The van der Waals surface area contributed by atoms with Gasteiger partial charge in [0.2, 0.25) is 5.91 Å². The van der Waals surface area contributed by atoms with Gasteiger partial charge in [-0.3, -0.25) is 4.79 Å². The summed E-state index contributed by atoms with van der Waals surface area (Å²) in [6.07, 6.45) is 11.3. The molecule has 2 heterocycles. The van der Waals surface area contributed by atoms with Crippen molar-refractivity contribution in [1.82, 2.24) is 14.9 Å². The van der Waals surface area contributed by atoms with Gasteiger partial charge in [0.1, 0.15) is 24.0 Å². The first-order valence-electron chi connectivity index (χ1n) is 12.6. The van der Waals surface area contributed by atoms with Crippen LogP contribution in [0.3, 0.4) is 0 Å². The van der Waals surface area contributed by atoms with Crippen LogP contribution in [-0.4, -0.2) is 59.7 Å². The number of hydrogen-bond acceptors (Lipinski definition) is 7. The molecule has 192 valence electrons. The summed E-state index contributed by atoms with van der Waals surface area (Å²) in [5.41, 5.74) is 3.88. The number of fused-ring (bicyclic) bond motifs is 1. The molecule has 0 radical (unpaired) electrons. The van der Waals surface area contributed by atoms with E-state index >= 15 is 0 Å². The van der Waals surface area contributed by atoms with E-state index in [1.165, 1.54) is 6.33 Å². The zero-order chi connectivity index (χ0) is 26.2. The van der Waals surface area contributed by atoms with Crippen molar-refractivity contribution in [3.63, 3.8) is 0 Å². The number of ether oxygens (including phenoxy) is 2. The Hall–Kier alpha value is -3.93. The molecule has 1 aliphatic heterocycles. The van der Waals surface area contributed by atoms with Crippen LogP contribution in [0.15, 0.2) is 48.8 Å². The van der Waals surface area contributed by atoms with Gasteiger partial charge in [0.05, 0.1) is 24.4 Å². The van der Waals surface area contributed by atoms with Crippen LogP contribution < -0.4 is 15.4 Å². The maximum Gasteiger partial charge on any atom is 0.248 e. The summed E-state index contributed by atoms with van der Waals surface area (Å²) in [6, 6.07) is 9.50. The van der Waals surface area contributed by atoms with Crippen molar-refractivity contribution in [3.05, 3.63) is 59.9 Å². The lowest BCUT2D eigenvalue weighted by atomic mass is 10.1. The van der Waals surface area contributed by atoms with E-state index < -0.39 is 0 Å². The van der Waals surface area contributed by atoms with Gasteiger partial charge in [-0.25, -0.2) is 9.97 Å². The minimum atomic E-state index is -0.234. The van der Waals surface area contributed by atoms with Crippen molar-refractivity contribution in [2.75, 3.05) is 43.5 Å². The third-order valence-electron chi connectivity index (χ3n) is 6.36. The van der Waals surface area contributed by atoms with Crippen molar-refractivity contribution >= 4 is 34.0 Å². The van der Waals surface area contributed by atoms with Crippen molar-refractivity contribution in [2.45, 2.75) is 33.3 Å². The Morgan fingerprint density at radius 1 is 1.27 bits per heavy atom. The van der Waals surface area contributed by atoms with Gasteiger partial charge < -0.3 is 25.0 Å². The molecule has 1 aromatic heterocycles. The summed E-state index contributed by atoms with van der Waals surface area (Å²) in [5, 5.41) is 7.06. The normalized spacial score (nSPS) is 15.3. The van der Waals surface area contributed by atoms with Gasteiger partial charge in [-0.05, 0) is 43.8 Å². The molecule has 1 saturated heterocycles. The van der Waals surface area contributed by atoms with E-state index in [0.29, 0.717) is 42.5 Å². The lowest BCUT2D eigenvalue weighted by Crippen LogP contribution is -2.23. The number of amides is 1. The number of nitrogens with zero attached hydrogens (tertiary/aromatic N) is 3. The monoisotopic (exact) mass is 499 g/mol. The number of likely N-dealkylation sites (N-methyl/N-ethyl adjacent to an activating group) is 1. The quantitative estimate of drug-likeness (QED) is 0.310. The predicted octanol–water partition coefficient (Wildman–Crippen LogP) is 4.67. The first kappa shape index (κ1) is 26.1. The van der Waals surface area contributed by atoms with Gasteiger partial charge in [-0.1, -0.05) is 31.9 Å². The molecule has 1 amide bonds. The van der Waals surface area contributed by atoms with Gasteiger partial charge in [-0.15, -0.1) is 6.42 Å². The number of anilines is 3. The van der Waals surface area contributed by atoms with E-state index in [2.05, 4.69) is 45.3 Å². The van der Waals surface area contributed by atoms with Crippen LogP contribution in [0.4, 0.5) is 17.2 Å². The lowest BCUT2D eigenvalue weighted by Gasteiger charge is -2.18. The highest BCUT2D eigenvalue weighted by Gasteiger charge is 2.20. The minimum absolute atomic E-state index is 0.0829. The van der Waals surface area contributed by atoms with Gasteiger partial charge in [0, 0.05) is 41.7 Å². The summed E-state index contributed by atoms with van der Waals surface area (Å²) in [6.45, 7) is 9.89. The Morgan fingerprint density at radius 3 is 2.84 bits per heavy atom. The molecule has 1 fully saturated rings. The third-order valence-corrected chi connectivity index (χ3v) is 6.36. The van der Waals surface area contributed by atoms with Crippen molar-refractivity contribution in [2.24, 2.45) is 0 Å². The molecule has 4 rings (SSSR count). The molecule has 1 unspecified atom stereocenters. The van der Waals surface area contributed by atoms with Crippen molar-refractivity contribution < 1.29 is 14.3 Å². The molecule has 2 N–H and O–H groups in total. The first-order valence-corrected chi connectivity index (χ1v) is 12.6. The fourth-order valence-corrected chi connectivity index (χ4v) is 4.12. The molecule has 8 nitrogen and oxygen atoms in total.